The van der Waals surface area contributed by atoms with E-state index in [9.17, 15) is 4.79 Å². The molecule has 9 heteroatoms. The van der Waals surface area contributed by atoms with Gasteiger partial charge in [0, 0.05) is 41.7 Å². The van der Waals surface area contributed by atoms with Gasteiger partial charge in [0.15, 0.2) is 0 Å². The van der Waals surface area contributed by atoms with E-state index < -0.39 is 5.82 Å². The maximum Gasteiger partial charge on any atom is 0.257 e. The Kier molecular flexibility index (Phi) is 6.28. The number of likely N-dealkylation sites (N-methyl/N-ethyl adjacent to an activating group) is 1. The second kappa shape index (κ2) is 9.63. The fraction of sp³-hybridized carbons (Fsp3) is 0.414. The molecule has 1 saturated heterocycles. The highest BCUT2D eigenvalue weighted by Gasteiger charge is 2.33. The molecular weight excluding hydrogens is 483 g/mol. The molecule has 0 radical (unpaired) electrons. The Morgan fingerprint density at radius 1 is 1.16 bits per heavy atom. The lowest BCUT2D eigenvalue weighted by Crippen LogP contribution is -2.42. The van der Waals surface area contributed by atoms with Gasteiger partial charge in [-0.1, -0.05) is 13.0 Å². The van der Waals surface area contributed by atoms with Crippen molar-refractivity contribution < 1.29 is 13.9 Å². The van der Waals surface area contributed by atoms with Gasteiger partial charge in [0.2, 0.25) is 0 Å². The molecule has 38 heavy (non-hydrogen) atoms. The molecule has 0 bridgehead atoms. The molecule has 2 N–H and O–H groups in total. The van der Waals surface area contributed by atoms with Gasteiger partial charge in [0.1, 0.15) is 11.6 Å². The van der Waals surface area contributed by atoms with Crippen molar-refractivity contribution in [2.45, 2.75) is 45.6 Å². The molecule has 2 aromatic carbocycles. The highest BCUT2D eigenvalue weighted by atomic mass is 19.1. The summed E-state index contributed by atoms with van der Waals surface area (Å²) in [5, 5.41) is 6.47. The highest BCUT2D eigenvalue weighted by Crippen LogP contribution is 2.37. The van der Waals surface area contributed by atoms with Crippen LogP contribution in [0.15, 0.2) is 36.5 Å². The molecule has 1 amide bonds. The van der Waals surface area contributed by atoms with Crippen molar-refractivity contribution in [2.24, 2.45) is 5.92 Å². The monoisotopic (exact) mass is 516 g/mol. The van der Waals surface area contributed by atoms with Crippen molar-refractivity contribution in [3.63, 3.8) is 0 Å². The number of rotatable bonds is 5. The largest absolute Gasteiger partial charge is 0.383 e. The molecule has 2 aliphatic rings. The number of hydrogen-bond donors (Lipinski definition) is 1. The molecule has 4 heterocycles. The van der Waals surface area contributed by atoms with Gasteiger partial charge in [-0.15, -0.1) is 0 Å². The van der Waals surface area contributed by atoms with E-state index in [1.165, 1.54) is 6.07 Å². The zero-order valence-corrected chi connectivity index (χ0v) is 22.1. The Hall–Kier alpha value is -3.56. The summed E-state index contributed by atoms with van der Waals surface area (Å²) < 4.78 is 23.0. The number of aromatic nitrogens is 3. The average molecular weight is 517 g/mol. The van der Waals surface area contributed by atoms with Crippen LogP contribution < -0.4 is 5.73 Å². The smallest absolute Gasteiger partial charge is 0.257 e. The van der Waals surface area contributed by atoms with Crippen molar-refractivity contribution in [2.75, 3.05) is 32.9 Å². The molecule has 0 spiro atoms. The molecule has 0 aliphatic carbocycles. The van der Waals surface area contributed by atoms with Gasteiger partial charge >= 0.3 is 0 Å². The molecule has 2 aliphatic heterocycles. The van der Waals surface area contributed by atoms with Gasteiger partial charge in [0.05, 0.1) is 42.4 Å². The zero-order chi connectivity index (χ0) is 26.6. The summed E-state index contributed by atoms with van der Waals surface area (Å²) in [6, 6.07) is 9.04. The number of pyridine rings is 1. The topological polar surface area (TPSA) is 89.5 Å². The van der Waals surface area contributed by atoms with Crippen molar-refractivity contribution in [3.05, 3.63) is 64.6 Å². The first-order chi connectivity index (χ1) is 18.3. The van der Waals surface area contributed by atoms with Gasteiger partial charge < -0.3 is 20.3 Å². The first-order valence-corrected chi connectivity index (χ1v) is 13.2. The van der Waals surface area contributed by atoms with E-state index in [4.69, 9.17) is 15.6 Å². The normalized spacial score (nSPS) is 19.6. The zero-order valence-electron chi connectivity index (χ0n) is 22.1. The van der Waals surface area contributed by atoms with Crippen LogP contribution in [0, 0.1) is 11.7 Å². The number of ether oxygens (including phenoxy) is 1. The lowest BCUT2D eigenvalue weighted by atomic mass is 9.88. The summed E-state index contributed by atoms with van der Waals surface area (Å²) in [6.07, 6.45) is 3.89. The second-order valence-electron chi connectivity index (χ2n) is 11.0. The number of likely N-dealkylation sites (tertiary alicyclic amines) is 1. The number of benzene rings is 2. The van der Waals surface area contributed by atoms with Crippen LogP contribution in [-0.2, 0) is 24.5 Å². The van der Waals surface area contributed by atoms with Crippen molar-refractivity contribution >= 4 is 33.5 Å². The standard InChI is InChI=1S/C29H33FN6O2/c1-17-4-7-27(18-5-6-25-19(10-18)14-35(33-25)9-8-34(2)3)36(13-17)29(37)21-11-20-22-15-38-16-23(22)28(31)32-26(20)12-24(21)30/h5-6,10-12,14,17,27H,4,7-9,13,15-16H2,1-3H3,(H2,31,32)/t17-,27+/m1/s1. The number of hydrogen-bond acceptors (Lipinski definition) is 6. The van der Waals surface area contributed by atoms with E-state index in [1.807, 2.05) is 29.7 Å². The first kappa shape index (κ1) is 24.8. The number of fused-ring (bicyclic) bond motifs is 4. The third-order valence-electron chi connectivity index (χ3n) is 7.86. The molecule has 2 aromatic heterocycles. The third-order valence-corrected chi connectivity index (χ3v) is 7.86. The number of nitrogen functional groups attached to an aromatic ring is 1. The van der Waals surface area contributed by atoms with E-state index in [0.29, 0.717) is 37.0 Å². The summed E-state index contributed by atoms with van der Waals surface area (Å²) >= 11 is 0. The predicted octanol–water partition coefficient (Wildman–Crippen LogP) is 4.51. The summed E-state index contributed by atoms with van der Waals surface area (Å²) in [5.74, 6) is -0.195. The van der Waals surface area contributed by atoms with Crippen LogP contribution in [0.4, 0.5) is 10.2 Å². The number of amides is 1. The van der Waals surface area contributed by atoms with Crippen LogP contribution >= 0.6 is 0 Å². The molecule has 0 unspecified atom stereocenters. The predicted molar refractivity (Wildman–Crippen MR) is 145 cm³/mol. The highest BCUT2D eigenvalue weighted by molar-refractivity contribution is 6.00. The van der Waals surface area contributed by atoms with Crippen LogP contribution in [0.1, 0.15) is 52.9 Å². The van der Waals surface area contributed by atoms with E-state index in [0.717, 1.165) is 58.9 Å². The van der Waals surface area contributed by atoms with Crippen molar-refractivity contribution in [1.82, 2.24) is 24.6 Å². The van der Waals surface area contributed by atoms with Gasteiger partial charge in [0.25, 0.3) is 5.91 Å². The number of anilines is 1. The Balaban J connectivity index is 1.36. The van der Waals surface area contributed by atoms with Gasteiger partial charge in [-0.25, -0.2) is 9.37 Å². The van der Waals surface area contributed by atoms with Crippen LogP contribution in [0.2, 0.25) is 0 Å². The quantitative estimate of drug-likeness (QED) is 0.420. The van der Waals surface area contributed by atoms with E-state index in [1.54, 1.807) is 6.07 Å². The molecule has 8 nitrogen and oxygen atoms in total. The van der Waals surface area contributed by atoms with Crippen LogP contribution in [-0.4, -0.2) is 57.7 Å². The molecule has 1 fully saturated rings. The SMILES string of the molecule is C[C@@H]1CC[C@@H](c2ccc3nn(CCN(C)C)cc3c2)N(C(=O)c2cc3c4c(c(N)nc3cc2F)COC4)C1. The summed E-state index contributed by atoms with van der Waals surface area (Å²) in [7, 11) is 4.09. The summed E-state index contributed by atoms with van der Waals surface area (Å²) in [4.78, 5) is 22.3. The third kappa shape index (κ3) is 4.39. The Morgan fingerprint density at radius 2 is 1.97 bits per heavy atom. The number of nitrogens with two attached hydrogens (primary N) is 1. The Bertz CT molecular complexity index is 1550. The molecule has 198 valence electrons. The maximum atomic E-state index is 15.4. The lowest BCUT2D eigenvalue weighted by Gasteiger charge is -2.39. The average Bonchev–Trinajstić information content (AvgIpc) is 3.54. The number of halogens is 1. The minimum Gasteiger partial charge on any atom is -0.383 e. The molecule has 0 saturated carbocycles. The van der Waals surface area contributed by atoms with Crippen LogP contribution in [0.25, 0.3) is 21.8 Å². The minimum atomic E-state index is -0.581. The Labute approximate surface area is 221 Å². The van der Waals surface area contributed by atoms with Gasteiger partial charge in [-0.2, -0.15) is 5.10 Å². The number of carbonyl (C=O) groups is 1. The fourth-order valence-corrected chi connectivity index (χ4v) is 5.75. The van der Waals surface area contributed by atoms with Crippen molar-refractivity contribution in [1.29, 1.82) is 0 Å². The van der Waals surface area contributed by atoms with Crippen molar-refractivity contribution in [3.8, 4) is 0 Å². The van der Waals surface area contributed by atoms with E-state index >= 15 is 4.39 Å². The molecular formula is C29H33FN6O2. The fourth-order valence-electron chi connectivity index (χ4n) is 5.75. The van der Waals surface area contributed by atoms with E-state index in [2.05, 4.69) is 35.1 Å². The molecule has 4 aromatic rings. The Morgan fingerprint density at radius 3 is 2.79 bits per heavy atom. The number of carbonyl (C=O) groups excluding carboxylic acids is 1. The first-order valence-electron chi connectivity index (χ1n) is 13.2. The lowest BCUT2D eigenvalue weighted by molar-refractivity contribution is 0.0540. The van der Waals surface area contributed by atoms with Crippen LogP contribution in [0.3, 0.4) is 0 Å². The molecule has 2 atom stereocenters. The number of piperidine rings is 1. The van der Waals surface area contributed by atoms with Gasteiger partial charge in [-0.05, 0) is 62.2 Å². The van der Waals surface area contributed by atoms with Gasteiger partial charge in [-0.3, -0.25) is 9.48 Å². The number of nitrogens with zero attached hydrogens (tertiary/aromatic N) is 5. The second-order valence-corrected chi connectivity index (χ2v) is 11.0. The maximum absolute atomic E-state index is 15.4. The molecule has 6 rings (SSSR count). The van der Waals surface area contributed by atoms with E-state index in [-0.39, 0.29) is 17.5 Å². The van der Waals surface area contributed by atoms with Crippen LogP contribution in [0.5, 0.6) is 0 Å². The minimum absolute atomic E-state index is 0.0647. The summed E-state index contributed by atoms with van der Waals surface area (Å²) in [6.45, 7) is 5.18. The summed E-state index contributed by atoms with van der Waals surface area (Å²) in [5.41, 5.74) is 10.3.